The molecule has 0 saturated carbocycles. The lowest BCUT2D eigenvalue weighted by molar-refractivity contribution is -0.0870. The molecule has 0 radical (unpaired) electrons. The molecule has 2 aliphatic heterocycles. The van der Waals surface area contributed by atoms with Crippen molar-refractivity contribution < 1.29 is 18.7 Å². The normalized spacial score (nSPS) is 25.7. The number of morpholine rings is 1. The maximum absolute atomic E-state index is 14.4. The van der Waals surface area contributed by atoms with Crippen LogP contribution in [0.1, 0.15) is 16.8 Å². The summed E-state index contributed by atoms with van der Waals surface area (Å²) in [6.45, 7) is 2.70. The quantitative estimate of drug-likeness (QED) is 0.828. The van der Waals surface area contributed by atoms with Crippen LogP contribution in [0.3, 0.4) is 0 Å². The van der Waals surface area contributed by atoms with Gasteiger partial charge >= 0.3 is 0 Å². The van der Waals surface area contributed by atoms with Gasteiger partial charge in [0.2, 0.25) is 0 Å². The molecule has 5 nitrogen and oxygen atoms in total. The van der Waals surface area contributed by atoms with E-state index < -0.39 is 5.82 Å². The van der Waals surface area contributed by atoms with E-state index in [0.29, 0.717) is 13.2 Å². The van der Waals surface area contributed by atoms with Gasteiger partial charge in [0, 0.05) is 19.6 Å². The Morgan fingerprint density at radius 3 is 3.00 bits per heavy atom. The number of carbonyl (C=O) groups is 1. The molecule has 1 aromatic carbocycles. The highest BCUT2D eigenvalue weighted by atomic mass is 19.1. The maximum atomic E-state index is 14.4. The summed E-state index contributed by atoms with van der Waals surface area (Å²) in [5.41, 5.74) is 0.0632. The van der Waals surface area contributed by atoms with E-state index in [2.05, 4.69) is 4.90 Å². The first-order valence-corrected chi connectivity index (χ1v) is 7.55. The molecule has 2 aliphatic rings. The van der Waals surface area contributed by atoms with Crippen molar-refractivity contribution in [3.05, 3.63) is 29.6 Å². The third-order valence-corrected chi connectivity index (χ3v) is 4.46. The van der Waals surface area contributed by atoms with Gasteiger partial charge in [0.15, 0.2) is 11.6 Å². The zero-order valence-corrected chi connectivity index (χ0v) is 12.9. The number of nitrogens with zero attached hydrogens (tertiary/aromatic N) is 2. The number of hydrogen-bond donors (Lipinski definition) is 0. The van der Waals surface area contributed by atoms with Gasteiger partial charge in [-0.3, -0.25) is 4.79 Å². The van der Waals surface area contributed by atoms with Crippen molar-refractivity contribution in [3.63, 3.8) is 0 Å². The van der Waals surface area contributed by atoms with Gasteiger partial charge in [-0.2, -0.15) is 0 Å². The molecule has 1 amide bonds. The number of benzene rings is 1. The predicted octanol–water partition coefficient (Wildman–Crippen LogP) is 1.38. The molecule has 2 atom stereocenters. The third-order valence-electron chi connectivity index (χ3n) is 4.46. The Labute approximate surface area is 129 Å². The molecule has 0 aliphatic carbocycles. The van der Waals surface area contributed by atoms with Crippen LogP contribution < -0.4 is 4.74 Å². The average molecular weight is 308 g/mol. The Kier molecular flexibility index (Phi) is 4.31. The first-order valence-electron chi connectivity index (χ1n) is 7.55. The van der Waals surface area contributed by atoms with Crippen LogP contribution in [-0.2, 0) is 4.74 Å². The number of halogens is 1. The highest BCUT2D eigenvalue weighted by molar-refractivity contribution is 5.95. The minimum atomic E-state index is -0.595. The highest BCUT2D eigenvalue weighted by Crippen LogP contribution is 2.26. The number of piperidine rings is 1. The number of ether oxygens (including phenoxy) is 2. The number of rotatable bonds is 2. The van der Waals surface area contributed by atoms with E-state index in [4.69, 9.17) is 9.47 Å². The zero-order valence-electron chi connectivity index (χ0n) is 12.9. The number of amides is 1. The lowest BCUT2D eigenvalue weighted by Crippen LogP contribution is -2.60. The lowest BCUT2D eigenvalue weighted by Gasteiger charge is -2.46. The predicted molar refractivity (Wildman–Crippen MR) is 79.6 cm³/mol. The molecular formula is C16H21FN2O3. The fourth-order valence-electron chi connectivity index (χ4n) is 3.27. The van der Waals surface area contributed by atoms with Crippen molar-refractivity contribution in [3.8, 4) is 5.75 Å². The Morgan fingerprint density at radius 2 is 2.23 bits per heavy atom. The molecule has 2 heterocycles. The Morgan fingerprint density at radius 1 is 1.41 bits per heavy atom. The standard InChI is InChI=1S/C16H21FN2O3/c1-18-7-6-13-12(10-18)19(8-9-22-13)16(20)11-4-3-5-14(21-2)15(11)17/h3-5,12-13H,6-10H2,1-2H3. The second-order valence-corrected chi connectivity index (χ2v) is 5.85. The van der Waals surface area contributed by atoms with E-state index in [1.807, 2.05) is 7.05 Å². The molecule has 6 heteroatoms. The topological polar surface area (TPSA) is 42.0 Å². The zero-order chi connectivity index (χ0) is 15.7. The lowest BCUT2D eigenvalue weighted by atomic mass is 9.98. The summed E-state index contributed by atoms with van der Waals surface area (Å²) >= 11 is 0. The number of carbonyl (C=O) groups excluding carboxylic acids is 1. The van der Waals surface area contributed by atoms with E-state index in [0.717, 1.165) is 19.5 Å². The summed E-state index contributed by atoms with van der Waals surface area (Å²) in [5.74, 6) is -0.788. The van der Waals surface area contributed by atoms with Gasteiger partial charge in [-0.05, 0) is 25.6 Å². The van der Waals surface area contributed by atoms with Gasteiger partial charge < -0.3 is 19.3 Å². The van der Waals surface area contributed by atoms with E-state index in [1.54, 1.807) is 11.0 Å². The average Bonchev–Trinajstić information content (AvgIpc) is 2.54. The van der Waals surface area contributed by atoms with Crippen LogP contribution in [0.15, 0.2) is 18.2 Å². The summed E-state index contributed by atoms with van der Waals surface area (Å²) in [6, 6.07) is 4.64. The third kappa shape index (κ3) is 2.68. The molecule has 120 valence electrons. The summed E-state index contributed by atoms with van der Waals surface area (Å²) in [5, 5.41) is 0. The number of likely N-dealkylation sites (N-methyl/N-ethyl adjacent to an activating group) is 1. The second-order valence-electron chi connectivity index (χ2n) is 5.85. The number of methoxy groups -OCH3 is 1. The van der Waals surface area contributed by atoms with Crippen molar-refractivity contribution in [1.29, 1.82) is 0 Å². The number of hydrogen-bond acceptors (Lipinski definition) is 4. The fourth-order valence-corrected chi connectivity index (χ4v) is 3.27. The Balaban J connectivity index is 1.87. The molecule has 22 heavy (non-hydrogen) atoms. The van der Waals surface area contributed by atoms with E-state index in [-0.39, 0.29) is 29.4 Å². The molecule has 2 fully saturated rings. The van der Waals surface area contributed by atoms with Crippen LogP contribution >= 0.6 is 0 Å². The van der Waals surface area contributed by atoms with Crippen LogP contribution in [0.2, 0.25) is 0 Å². The van der Waals surface area contributed by atoms with Gasteiger partial charge in [-0.15, -0.1) is 0 Å². The van der Waals surface area contributed by atoms with Crippen molar-refractivity contribution in [2.75, 3.05) is 40.4 Å². The van der Waals surface area contributed by atoms with Crippen LogP contribution in [0.25, 0.3) is 0 Å². The minimum Gasteiger partial charge on any atom is -0.494 e. The number of fused-ring (bicyclic) bond motifs is 1. The van der Waals surface area contributed by atoms with Crippen molar-refractivity contribution in [2.45, 2.75) is 18.6 Å². The van der Waals surface area contributed by atoms with E-state index in [1.165, 1.54) is 19.2 Å². The summed E-state index contributed by atoms with van der Waals surface area (Å²) < 4.78 is 25.1. The summed E-state index contributed by atoms with van der Waals surface area (Å²) in [4.78, 5) is 16.7. The highest BCUT2D eigenvalue weighted by Gasteiger charge is 2.39. The van der Waals surface area contributed by atoms with Crippen molar-refractivity contribution in [1.82, 2.24) is 9.80 Å². The van der Waals surface area contributed by atoms with Gasteiger partial charge in [0.25, 0.3) is 5.91 Å². The van der Waals surface area contributed by atoms with Crippen LogP contribution in [0.5, 0.6) is 5.75 Å². The Hall–Kier alpha value is -1.66. The van der Waals surface area contributed by atoms with Crippen molar-refractivity contribution >= 4 is 5.91 Å². The second kappa shape index (κ2) is 6.22. The maximum Gasteiger partial charge on any atom is 0.257 e. The smallest absolute Gasteiger partial charge is 0.257 e. The molecule has 0 N–H and O–H groups in total. The van der Waals surface area contributed by atoms with Crippen LogP contribution in [0.4, 0.5) is 4.39 Å². The molecule has 0 spiro atoms. The fraction of sp³-hybridized carbons (Fsp3) is 0.562. The summed E-state index contributed by atoms with van der Waals surface area (Å²) in [7, 11) is 3.42. The van der Waals surface area contributed by atoms with Gasteiger partial charge in [-0.25, -0.2) is 4.39 Å². The molecule has 0 aromatic heterocycles. The Bertz CT molecular complexity index is 566. The molecule has 2 unspecified atom stereocenters. The molecule has 2 saturated heterocycles. The van der Waals surface area contributed by atoms with Gasteiger partial charge in [0.1, 0.15) is 0 Å². The van der Waals surface area contributed by atoms with Crippen LogP contribution in [0, 0.1) is 5.82 Å². The molecule has 0 bridgehead atoms. The van der Waals surface area contributed by atoms with E-state index >= 15 is 0 Å². The molecular weight excluding hydrogens is 287 g/mol. The van der Waals surface area contributed by atoms with Crippen LogP contribution in [-0.4, -0.2) is 68.3 Å². The SMILES string of the molecule is COc1cccc(C(=O)N2CCOC3CCN(C)CC32)c1F. The minimum absolute atomic E-state index is 0.0226. The van der Waals surface area contributed by atoms with Gasteiger partial charge in [-0.1, -0.05) is 6.07 Å². The molecule has 1 aromatic rings. The monoisotopic (exact) mass is 308 g/mol. The summed E-state index contributed by atoms with van der Waals surface area (Å²) in [6.07, 6.45) is 0.938. The van der Waals surface area contributed by atoms with Crippen molar-refractivity contribution in [2.24, 2.45) is 0 Å². The molecule has 3 rings (SSSR count). The van der Waals surface area contributed by atoms with Gasteiger partial charge in [0.05, 0.1) is 31.4 Å². The number of likely N-dealkylation sites (tertiary alicyclic amines) is 1. The van der Waals surface area contributed by atoms with E-state index in [9.17, 15) is 9.18 Å². The first kappa shape index (κ1) is 15.2. The largest absolute Gasteiger partial charge is 0.494 e. The first-order chi connectivity index (χ1) is 10.6.